The first-order valence-electron chi connectivity index (χ1n) is 9.15. The number of H-pyrrole nitrogens is 1. The van der Waals surface area contributed by atoms with E-state index < -0.39 is 0 Å². The molecule has 0 unspecified atom stereocenters. The predicted octanol–water partition coefficient (Wildman–Crippen LogP) is 2.66. The van der Waals surface area contributed by atoms with Crippen LogP contribution in [0.15, 0.2) is 36.7 Å². The normalized spacial score (nSPS) is 16.8. The van der Waals surface area contributed by atoms with Gasteiger partial charge in [-0.05, 0) is 31.0 Å². The average molecular weight is 382 g/mol. The molecule has 4 rings (SSSR count). The first kappa shape index (κ1) is 18.1. The number of aromatic nitrogens is 3. The summed E-state index contributed by atoms with van der Waals surface area (Å²) in [6.07, 6.45) is 4.65. The number of amides is 1. The lowest BCUT2D eigenvalue weighted by atomic mass is 10.1. The van der Waals surface area contributed by atoms with Crippen LogP contribution in [0.1, 0.15) is 23.3 Å². The predicted molar refractivity (Wildman–Crippen MR) is 103 cm³/mol. The molecule has 1 aromatic carbocycles. The number of hydrogen-bond donors (Lipinski definition) is 1. The Balaban J connectivity index is 1.47. The van der Waals surface area contributed by atoms with Gasteiger partial charge in [0.1, 0.15) is 17.5 Å². The van der Waals surface area contributed by atoms with Crippen LogP contribution in [0.2, 0.25) is 0 Å². The molecule has 0 aliphatic carbocycles. The Hall–Kier alpha value is -3.29. The third kappa shape index (κ3) is 3.71. The summed E-state index contributed by atoms with van der Waals surface area (Å²) < 4.78 is 16.2. The molecule has 0 bridgehead atoms. The van der Waals surface area contributed by atoms with E-state index in [0.29, 0.717) is 30.5 Å². The molecule has 1 amide bonds. The van der Waals surface area contributed by atoms with Gasteiger partial charge >= 0.3 is 0 Å². The summed E-state index contributed by atoms with van der Waals surface area (Å²) in [6, 6.07) is 7.57. The van der Waals surface area contributed by atoms with Gasteiger partial charge in [0.05, 0.1) is 33.2 Å². The second-order valence-corrected chi connectivity index (χ2v) is 6.67. The van der Waals surface area contributed by atoms with Crippen molar-refractivity contribution in [2.24, 2.45) is 0 Å². The van der Waals surface area contributed by atoms with Crippen LogP contribution in [0, 0.1) is 0 Å². The van der Waals surface area contributed by atoms with Crippen molar-refractivity contribution in [2.75, 3.05) is 27.3 Å². The maximum Gasteiger partial charge on any atom is 0.270 e. The summed E-state index contributed by atoms with van der Waals surface area (Å²) in [7, 11) is 3.15. The molecule has 1 aliphatic rings. The van der Waals surface area contributed by atoms with Crippen molar-refractivity contribution >= 4 is 16.8 Å². The van der Waals surface area contributed by atoms with Gasteiger partial charge in [-0.3, -0.25) is 9.78 Å². The fourth-order valence-electron chi connectivity index (χ4n) is 3.39. The van der Waals surface area contributed by atoms with E-state index in [1.165, 1.54) is 13.3 Å². The SMILES string of the molecule is COc1ccc2cc(C(=O)N3CCC[C@@H](Oc4cncc(OC)n4)C3)[nH]c2c1. The minimum atomic E-state index is -0.136. The molecule has 3 aromatic rings. The fourth-order valence-corrected chi connectivity index (χ4v) is 3.39. The third-order valence-corrected chi connectivity index (χ3v) is 4.81. The first-order chi connectivity index (χ1) is 13.7. The van der Waals surface area contributed by atoms with E-state index in [2.05, 4.69) is 15.0 Å². The number of methoxy groups -OCH3 is 2. The highest BCUT2D eigenvalue weighted by Gasteiger charge is 2.27. The van der Waals surface area contributed by atoms with E-state index >= 15 is 0 Å². The van der Waals surface area contributed by atoms with Crippen LogP contribution in [-0.4, -0.2) is 59.2 Å². The highest BCUT2D eigenvalue weighted by molar-refractivity contribution is 5.98. The van der Waals surface area contributed by atoms with Gasteiger partial charge in [-0.25, -0.2) is 0 Å². The molecule has 1 N–H and O–H groups in total. The number of likely N-dealkylation sites (tertiary alicyclic amines) is 1. The van der Waals surface area contributed by atoms with Crippen molar-refractivity contribution in [3.63, 3.8) is 0 Å². The number of hydrogen-bond acceptors (Lipinski definition) is 6. The van der Waals surface area contributed by atoms with Crippen LogP contribution in [0.5, 0.6) is 17.5 Å². The minimum Gasteiger partial charge on any atom is -0.497 e. The molecule has 146 valence electrons. The first-order valence-corrected chi connectivity index (χ1v) is 9.15. The number of aromatic amines is 1. The van der Waals surface area contributed by atoms with Crippen LogP contribution in [0.25, 0.3) is 10.9 Å². The zero-order chi connectivity index (χ0) is 19.5. The second kappa shape index (κ2) is 7.75. The molecular formula is C20H22N4O4. The molecule has 1 atom stereocenters. The molecule has 3 heterocycles. The molecule has 2 aromatic heterocycles. The monoisotopic (exact) mass is 382 g/mol. The van der Waals surface area contributed by atoms with E-state index in [9.17, 15) is 4.79 Å². The van der Waals surface area contributed by atoms with Gasteiger partial charge in [-0.2, -0.15) is 4.98 Å². The quantitative estimate of drug-likeness (QED) is 0.730. The molecule has 0 radical (unpaired) electrons. The number of nitrogens with zero attached hydrogens (tertiary/aromatic N) is 3. The number of ether oxygens (including phenoxy) is 3. The van der Waals surface area contributed by atoms with Crippen molar-refractivity contribution in [3.8, 4) is 17.5 Å². The standard InChI is InChI=1S/C20H22N4O4/c1-26-14-6-5-13-8-17(22-16(13)9-14)20(25)24-7-3-4-15(12-24)28-19-11-21-10-18(23-19)27-2/h5-6,8-11,15,22H,3-4,7,12H2,1-2H3/t15-/m1/s1. The Morgan fingerprint density at radius 1 is 1.18 bits per heavy atom. The molecule has 28 heavy (non-hydrogen) atoms. The second-order valence-electron chi connectivity index (χ2n) is 6.67. The van der Waals surface area contributed by atoms with Gasteiger partial charge in [0.25, 0.3) is 5.91 Å². The summed E-state index contributed by atoms with van der Waals surface area (Å²) in [5.74, 6) is 1.51. The van der Waals surface area contributed by atoms with Crippen LogP contribution in [-0.2, 0) is 0 Å². The Labute approximate surface area is 162 Å². The molecular weight excluding hydrogens is 360 g/mol. The molecule has 1 aliphatic heterocycles. The van der Waals surface area contributed by atoms with Gasteiger partial charge < -0.3 is 24.1 Å². The zero-order valence-electron chi connectivity index (χ0n) is 15.8. The molecule has 8 nitrogen and oxygen atoms in total. The van der Waals surface area contributed by atoms with E-state index in [4.69, 9.17) is 14.2 Å². The number of nitrogens with one attached hydrogen (secondary N) is 1. The number of benzene rings is 1. The summed E-state index contributed by atoms with van der Waals surface area (Å²) >= 11 is 0. The number of rotatable bonds is 5. The third-order valence-electron chi connectivity index (χ3n) is 4.81. The molecule has 0 saturated carbocycles. The van der Waals surface area contributed by atoms with Gasteiger partial charge in [-0.15, -0.1) is 0 Å². The van der Waals surface area contributed by atoms with Crippen molar-refractivity contribution in [1.29, 1.82) is 0 Å². The van der Waals surface area contributed by atoms with Crippen LogP contribution < -0.4 is 14.2 Å². The summed E-state index contributed by atoms with van der Waals surface area (Å²) in [6.45, 7) is 1.19. The average Bonchev–Trinajstić information content (AvgIpc) is 3.16. The number of carbonyl (C=O) groups is 1. The summed E-state index contributed by atoms with van der Waals surface area (Å²) in [5.41, 5.74) is 1.43. The van der Waals surface area contributed by atoms with Crippen LogP contribution in [0.4, 0.5) is 0 Å². The minimum absolute atomic E-state index is 0.0415. The topological polar surface area (TPSA) is 89.6 Å². The van der Waals surface area contributed by atoms with Crippen molar-refractivity contribution in [1.82, 2.24) is 19.9 Å². The zero-order valence-corrected chi connectivity index (χ0v) is 15.8. The Morgan fingerprint density at radius 3 is 2.86 bits per heavy atom. The van der Waals surface area contributed by atoms with E-state index in [0.717, 1.165) is 29.5 Å². The summed E-state index contributed by atoms with van der Waals surface area (Å²) in [4.78, 5) is 26.3. The maximum absolute atomic E-state index is 13.0. The highest BCUT2D eigenvalue weighted by atomic mass is 16.5. The largest absolute Gasteiger partial charge is 0.497 e. The molecule has 1 fully saturated rings. The van der Waals surface area contributed by atoms with Crippen molar-refractivity contribution < 1.29 is 19.0 Å². The Morgan fingerprint density at radius 2 is 2.04 bits per heavy atom. The Bertz CT molecular complexity index is 987. The number of piperidine rings is 1. The smallest absolute Gasteiger partial charge is 0.270 e. The lowest BCUT2D eigenvalue weighted by molar-refractivity contribution is 0.0521. The van der Waals surface area contributed by atoms with Gasteiger partial charge in [0.15, 0.2) is 0 Å². The molecule has 1 saturated heterocycles. The van der Waals surface area contributed by atoms with Gasteiger partial charge in [0, 0.05) is 23.5 Å². The maximum atomic E-state index is 13.0. The van der Waals surface area contributed by atoms with Gasteiger partial charge in [0.2, 0.25) is 11.8 Å². The molecule has 0 spiro atoms. The van der Waals surface area contributed by atoms with Crippen LogP contribution >= 0.6 is 0 Å². The van der Waals surface area contributed by atoms with Crippen molar-refractivity contribution in [3.05, 3.63) is 42.4 Å². The van der Waals surface area contributed by atoms with E-state index in [-0.39, 0.29) is 12.0 Å². The highest BCUT2D eigenvalue weighted by Crippen LogP contribution is 2.24. The lowest BCUT2D eigenvalue weighted by Gasteiger charge is -2.32. The lowest BCUT2D eigenvalue weighted by Crippen LogP contribution is -2.44. The number of fused-ring (bicyclic) bond motifs is 1. The molecule has 8 heteroatoms. The van der Waals surface area contributed by atoms with Crippen LogP contribution in [0.3, 0.4) is 0 Å². The summed E-state index contributed by atoms with van der Waals surface area (Å²) in [5, 5.41) is 0.973. The number of carbonyl (C=O) groups excluding carboxylic acids is 1. The van der Waals surface area contributed by atoms with E-state index in [1.807, 2.05) is 29.2 Å². The van der Waals surface area contributed by atoms with E-state index in [1.54, 1.807) is 13.3 Å². The van der Waals surface area contributed by atoms with Crippen molar-refractivity contribution in [2.45, 2.75) is 18.9 Å². The van der Waals surface area contributed by atoms with Gasteiger partial charge in [-0.1, -0.05) is 0 Å². The Kier molecular flexibility index (Phi) is 5.01. The fraction of sp³-hybridized carbons (Fsp3) is 0.350.